The molecule has 104 valence electrons. The normalized spacial score (nSPS) is 19.6. The topological polar surface area (TPSA) is 24.9 Å². The van der Waals surface area contributed by atoms with Crippen LogP contribution < -0.4 is 5.32 Å². The minimum Gasteiger partial charge on any atom is -0.301 e. The molecule has 0 spiro atoms. The number of fused-ring (bicyclic) bond motifs is 1. The van der Waals surface area contributed by atoms with Gasteiger partial charge in [0.05, 0.1) is 11.7 Å². The molecule has 1 fully saturated rings. The maximum Gasteiger partial charge on any atom is 0.115 e. The summed E-state index contributed by atoms with van der Waals surface area (Å²) in [6.45, 7) is 0. The molecule has 1 unspecified atom stereocenters. The average molecular weight is 284 g/mol. The van der Waals surface area contributed by atoms with Gasteiger partial charge in [0.15, 0.2) is 0 Å². The first-order valence-corrected chi connectivity index (χ1v) is 8.51. The summed E-state index contributed by atoms with van der Waals surface area (Å²) in [5, 5.41) is 5.05. The summed E-state index contributed by atoms with van der Waals surface area (Å²) in [6, 6.07) is 11.8. The molecule has 0 radical (unpaired) electrons. The minimum atomic E-state index is 0.291. The fourth-order valence-electron chi connectivity index (χ4n) is 2.94. The summed E-state index contributed by atoms with van der Waals surface area (Å²) in [7, 11) is 0. The summed E-state index contributed by atoms with van der Waals surface area (Å²) < 4.78 is 0. The molecule has 1 N–H and O–H groups in total. The fraction of sp³-hybridized carbons (Fsp3) is 0.471. The standard InChI is InChI=1S/C17H20N2S/c1-2-6-12(7-3-1)16(18-13-10-11-13)17-19-14-8-4-5-9-15(14)20-17/h1-3,6-7,13,16,18H,4-5,8-11H2. The Bertz CT molecular complexity index is 563. The molecular weight excluding hydrogens is 264 g/mol. The number of nitrogens with one attached hydrogen (secondary N) is 1. The molecule has 4 rings (SSSR count). The summed E-state index contributed by atoms with van der Waals surface area (Å²) in [5.41, 5.74) is 2.72. The highest BCUT2D eigenvalue weighted by Gasteiger charge is 2.29. The van der Waals surface area contributed by atoms with E-state index in [1.165, 1.54) is 59.7 Å². The van der Waals surface area contributed by atoms with Gasteiger partial charge in [-0.1, -0.05) is 30.3 Å². The van der Waals surface area contributed by atoms with Crippen LogP contribution in [0.1, 0.15) is 52.9 Å². The molecule has 20 heavy (non-hydrogen) atoms. The second-order valence-electron chi connectivity index (χ2n) is 5.91. The highest BCUT2D eigenvalue weighted by molar-refractivity contribution is 7.11. The molecule has 0 bridgehead atoms. The third-order valence-electron chi connectivity index (χ3n) is 4.22. The fourth-order valence-corrected chi connectivity index (χ4v) is 4.18. The molecule has 1 aromatic carbocycles. The van der Waals surface area contributed by atoms with E-state index in [0.29, 0.717) is 12.1 Å². The lowest BCUT2D eigenvalue weighted by Gasteiger charge is -2.16. The Morgan fingerprint density at radius 2 is 1.90 bits per heavy atom. The van der Waals surface area contributed by atoms with Crippen LogP contribution in [-0.4, -0.2) is 11.0 Å². The van der Waals surface area contributed by atoms with Crippen LogP contribution in [-0.2, 0) is 12.8 Å². The van der Waals surface area contributed by atoms with Crippen molar-refractivity contribution in [2.45, 2.75) is 50.6 Å². The van der Waals surface area contributed by atoms with E-state index in [9.17, 15) is 0 Å². The van der Waals surface area contributed by atoms with E-state index < -0.39 is 0 Å². The molecule has 1 atom stereocenters. The number of aryl methyl sites for hydroxylation is 2. The SMILES string of the molecule is c1ccc(C(NC2CC2)c2nc3c(s2)CCCC3)cc1. The van der Waals surface area contributed by atoms with Gasteiger partial charge in [0, 0.05) is 10.9 Å². The predicted octanol–water partition coefficient (Wildman–Crippen LogP) is 3.86. The van der Waals surface area contributed by atoms with Gasteiger partial charge in [-0.3, -0.25) is 0 Å². The van der Waals surface area contributed by atoms with Crippen LogP contribution in [0.15, 0.2) is 30.3 Å². The van der Waals surface area contributed by atoms with Gasteiger partial charge < -0.3 is 5.32 Å². The molecular formula is C17H20N2S. The molecule has 2 aliphatic rings. The third kappa shape index (κ3) is 2.52. The second-order valence-corrected chi connectivity index (χ2v) is 7.03. The number of hydrogen-bond acceptors (Lipinski definition) is 3. The van der Waals surface area contributed by atoms with Gasteiger partial charge in [-0.25, -0.2) is 4.98 Å². The van der Waals surface area contributed by atoms with Gasteiger partial charge in [0.25, 0.3) is 0 Å². The Morgan fingerprint density at radius 1 is 1.10 bits per heavy atom. The number of hydrogen-bond donors (Lipinski definition) is 1. The summed E-state index contributed by atoms with van der Waals surface area (Å²) in [4.78, 5) is 6.50. The van der Waals surface area contributed by atoms with Crippen molar-refractivity contribution >= 4 is 11.3 Å². The van der Waals surface area contributed by atoms with Crippen LogP contribution >= 0.6 is 11.3 Å². The maximum atomic E-state index is 4.96. The van der Waals surface area contributed by atoms with Crippen molar-refractivity contribution in [3.8, 4) is 0 Å². The first-order chi connectivity index (χ1) is 9.90. The lowest BCUT2D eigenvalue weighted by atomic mass is 10.0. The van der Waals surface area contributed by atoms with Gasteiger partial charge in [0.2, 0.25) is 0 Å². The number of nitrogens with zero attached hydrogens (tertiary/aromatic N) is 1. The maximum absolute atomic E-state index is 4.96. The van der Waals surface area contributed by atoms with E-state index in [1.54, 1.807) is 0 Å². The zero-order chi connectivity index (χ0) is 13.4. The number of rotatable bonds is 4. The number of aromatic nitrogens is 1. The van der Waals surface area contributed by atoms with Crippen molar-refractivity contribution in [1.82, 2.24) is 10.3 Å². The molecule has 0 amide bonds. The molecule has 0 saturated heterocycles. The van der Waals surface area contributed by atoms with Crippen molar-refractivity contribution in [2.24, 2.45) is 0 Å². The quantitative estimate of drug-likeness (QED) is 0.922. The van der Waals surface area contributed by atoms with Gasteiger partial charge in [-0.2, -0.15) is 0 Å². The first-order valence-electron chi connectivity index (χ1n) is 7.69. The van der Waals surface area contributed by atoms with Crippen molar-refractivity contribution in [2.75, 3.05) is 0 Å². The van der Waals surface area contributed by atoms with E-state index in [1.807, 2.05) is 11.3 Å². The average Bonchev–Trinajstić information content (AvgIpc) is 3.22. The van der Waals surface area contributed by atoms with Crippen molar-refractivity contribution in [3.05, 3.63) is 51.5 Å². The zero-order valence-corrected chi connectivity index (χ0v) is 12.5. The Hall–Kier alpha value is -1.19. The van der Waals surface area contributed by atoms with Crippen LogP contribution in [0.4, 0.5) is 0 Å². The van der Waals surface area contributed by atoms with Gasteiger partial charge >= 0.3 is 0 Å². The Labute approximate surface area is 124 Å². The highest BCUT2D eigenvalue weighted by atomic mass is 32.1. The molecule has 0 aliphatic heterocycles. The monoisotopic (exact) mass is 284 g/mol. The third-order valence-corrected chi connectivity index (χ3v) is 5.44. The smallest absolute Gasteiger partial charge is 0.115 e. The van der Waals surface area contributed by atoms with Crippen molar-refractivity contribution < 1.29 is 0 Å². The van der Waals surface area contributed by atoms with E-state index in [2.05, 4.69) is 35.6 Å². The van der Waals surface area contributed by atoms with E-state index in [4.69, 9.17) is 4.98 Å². The zero-order valence-electron chi connectivity index (χ0n) is 11.6. The molecule has 1 saturated carbocycles. The Kier molecular flexibility index (Phi) is 3.32. The van der Waals surface area contributed by atoms with E-state index in [0.717, 1.165) is 0 Å². The predicted molar refractivity (Wildman–Crippen MR) is 83.2 cm³/mol. The largest absolute Gasteiger partial charge is 0.301 e. The van der Waals surface area contributed by atoms with Crippen LogP contribution in [0.2, 0.25) is 0 Å². The molecule has 2 aliphatic carbocycles. The summed E-state index contributed by atoms with van der Waals surface area (Å²) in [6.07, 6.45) is 7.68. The van der Waals surface area contributed by atoms with Gasteiger partial charge in [-0.05, 0) is 44.1 Å². The molecule has 2 aromatic rings. The second kappa shape index (κ2) is 5.30. The Balaban J connectivity index is 1.68. The van der Waals surface area contributed by atoms with Crippen LogP contribution in [0.25, 0.3) is 0 Å². The van der Waals surface area contributed by atoms with Crippen molar-refractivity contribution in [1.29, 1.82) is 0 Å². The number of benzene rings is 1. The Morgan fingerprint density at radius 3 is 2.65 bits per heavy atom. The molecule has 2 nitrogen and oxygen atoms in total. The van der Waals surface area contributed by atoms with E-state index in [-0.39, 0.29) is 0 Å². The molecule has 1 aromatic heterocycles. The number of thiazole rings is 1. The summed E-state index contributed by atoms with van der Waals surface area (Å²) in [5.74, 6) is 0. The van der Waals surface area contributed by atoms with Crippen molar-refractivity contribution in [3.63, 3.8) is 0 Å². The summed E-state index contributed by atoms with van der Waals surface area (Å²) >= 11 is 1.93. The van der Waals surface area contributed by atoms with E-state index >= 15 is 0 Å². The van der Waals surface area contributed by atoms with Gasteiger partial charge in [-0.15, -0.1) is 11.3 Å². The lowest BCUT2D eigenvalue weighted by Crippen LogP contribution is -2.24. The van der Waals surface area contributed by atoms with Gasteiger partial charge in [0.1, 0.15) is 5.01 Å². The lowest BCUT2D eigenvalue weighted by molar-refractivity contribution is 0.594. The first kappa shape index (κ1) is 12.5. The van der Waals surface area contributed by atoms with Crippen LogP contribution in [0.3, 0.4) is 0 Å². The van der Waals surface area contributed by atoms with Crippen LogP contribution in [0.5, 0.6) is 0 Å². The van der Waals surface area contributed by atoms with Crippen LogP contribution in [0, 0.1) is 0 Å². The molecule has 3 heteroatoms. The minimum absolute atomic E-state index is 0.291. The molecule has 1 heterocycles. The highest BCUT2D eigenvalue weighted by Crippen LogP contribution is 2.34.